The van der Waals surface area contributed by atoms with Crippen LogP contribution in [0, 0.1) is 0 Å². The fourth-order valence-electron chi connectivity index (χ4n) is 0.814. The number of amides is 1. The number of carbonyl (C=O) groups is 1. The van der Waals surface area contributed by atoms with Crippen molar-refractivity contribution in [3.63, 3.8) is 0 Å². The van der Waals surface area contributed by atoms with Crippen LogP contribution in [0.5, 0.6) is 0 Å². The van der Waals surface area contributed by atoms with E-state index in [0.717, 1.165) is 0 Å². The third-order valence-corrected chi connectivity index (χ3v) is 2.19. The normalized spacial score (nSPS) is 14.9. The van der Waals surface area contributed by atoms with E-state index in [1.54, 1.807) is 14.0 Å². The molecule has 6 heteroatoms. The second-order valence-electron chi connectivity index (χ2n) is 3.43. The summed E-state index contributed by atoms with van der Waals surface area (Å²) in [4.78, 5) is 15.5. The van der Waals surface area contributed by atoms with E-state index >= 15 is 0 Å². The Balaban J connectivity index is 2.71. The third kappa shape index (κ3) is 2.08. The molecular weight excluding hydrogens is 182 g/mol. The number of aryl methyl sites for hydroxylation is 1. The van der Waals surface area contributed by atoms with Crippen molar-refractivity contribution >= 4 is 11.9 Å². The second kappa shape index (κ2) is 3.75. The molecule has 1 amide bonds. The van der Waals surface area contributed by atoms with Gasteiger partial charge in [-0.1, -0.05) is 6.92 Å². The molecule has 1 aromatic heterocycles. The maximum atomic E-state index is 11.6. The largest absolute Gasteiger partial charge is 0.318 e. The molecule has 78 valence electrons. The first-order valence-corrected chi connectivity index (χ1v) is 4.41. The Bertz CT molecular complexity index is 330. The molecule has 3 N–H and O–H groups in total. The average Bonchev–Trinajstić information content (AvgIpc) is 2.52. The summed E-state index contributed by atoms with van der Waals surface area (Å²) in [5.41, 5.74) is 4.89. The van der Waals surface area contributed by atoms with Gasteiger partial charge in [-0.2, -0.15) is 10.1 Å². The molecule has 0 fully saturated rings. The Morgan fingerprint density at radius 1 is 1.79 bits per heavy atom. The number of nitrogens with zero attached hydrogens (tertiary/aromatic N) is 3. The number of rotatable bonds is 3. The summed E-state index contributed by atoms with van der Waals surface area (Å²) in [5, 5.41) is 6.43. The molecule has 1 atom stereocenters. The van der Waals surface area contributed by atoms with Crippen molar-refractivity contribution in [2.45, 2.75) is 25.8 Å². The number of nitrogens with one attached hydrogen (secondary N) is 1. The summed E-state index contributed by atoms with van der Waals surface area (Å²) in [6, 6.07) is 0. The molecule has 0 spiro atoms. The summed E-state index contributed by atoms with van der Waals surface area (Å²) >= 11 is 0. The molecule has 1 rings (SSSR count). The lowest BCUT2D eigenvalue weighted by atomic mass is 10.00. The zero-order valence-corrected chi connectivity index (χ0v) is 8.61. The third-order valence-electron chi connectivity index (χ3n) is 2.19. The molecule has 0 saturated carbocycles. The molecule has 14 heavy (non-hydrogen) atoms. The maximum absolute atomic E-state index is 11.6. The Hall–Kier alpha value is -1.43. The molecule has 0 aliphatic rings. The molecule has 0 radical (unpaired) electrons. The number of carbonyl (C=O) groups excluding carboxylic acids is 1. The number of anilines is 1. The van der Waals surface area contributed by atoms with Crippen LogP contribution < -0.4 is 11.1 Å². The van der Waals surface area contributed by atoms with Crippen LogP contribution in [0.3, 0.4) is 0 Å². The van der Waals surface area contributed by atoms with Gasteiger partial charge in [0.05, 0.1) is 5.54 Å². The molecule has 1 unspecified atom stereocenters. The lowest BCUT2D eigenvalue weighted by Crippen LogP contribution is -2.48. The predicted molar refractivity (Wildman–Crippen MR) is 52.5 cm³/mol. The van der Waals surface area contributed by atoms with E-state index in [4.69, 9.17) is 5.73 Å². The minimum Gasteiger partial charge on any atom is -0.318 e. The molecule has 0 saturated heterocycles. The van der Waals surface area contributed by atoms with Crippen LogP contribution in [-0.2, 0) is 11.8 Å². The zero-order chi connectivity index (χ0) is 10.8. The summed E-state index contributed by atoms with van der Waals surface area (Å²) in [5.74, 6) is 0.149. The van der Waals surface area contributed by atoms with Gasteiger partial charge in [-0.25, -0.2) is 4.68 Å². The molecule has 0 aliphatic heterocycles. The van der Waals surface area contributed by atoms with Gasteiger partial charge in [-0.05, 0) is 13.3 Å². The predicted octanol–water partition coefficient (Wildman–Crippen LogP) is -0.119. The highest BCUT2D eigenvalue weighted by Crippen LogP contribution is 2.08. The Morgan fingerprint density at radius 2 is 2.43 bits per heavy atom. The number of hydrogen-bond acceptors (Lipinski definition) is 4. The van der Waals surface area contributed by atoms with E-state index in [1.165, 1.54) is 11.0 Å². The Labute approximate surface area is 82.5 Å². The van der Waals surface area contributed by atoms with E-state index in [9.17, 15) is 4.79 Å². The number of aromatic nitrogens is 3. The first-order valence-electron chi connectivity index (χ1n) is 4.41. The van der Waals surface area contributed by atoms with Crippen molar-refractivity contribution in [2.24, 2.45) is 12.8 Å². The van der Waals surface area contributed by atoms with Crippen molar-refractivity contribution in [2.75, 3.05) is 5.32 Å². The highest BCUT2D eigenvalue weighted by molar-refractivity contribution is 5.96. The molecule has 1 aromatic rings. The first-order chi connectivity index (χ1) is 6.47. The summed E-state index contributed by atoms with van der Waals surface area (Å²) in [6.07, 6.45) is 1.94. The van der Waals surface area contributed by atoms with Crippen LogP contribution in [0.15, 0.2) is 6.33 Å². The highest BCUT2D eigenvalue weighted by atomic mass is 16.2. The van der Waals surface area contributed by atoms with E-state index in [-0.39, 0.29) is 5.91 Å². The quantitative estimate of drug-likeness (QED) is 0.707. The molecule has 1 heterocycles. The van der Waals surface area contributed by atoms with Gasteiger partial charge in [0.1, 0.15) is 6.33 Å². The minimum absolute atomic E-state index is 0.254. The van der Waals surface area contributed by atoms with E-state index in [1.807, 2.05) is 6.92 Å². The molecule has 0 aliphatic carbocycles. The average molecular weight is 197 g/mol. The smallest absolute Gasteiger partial charge is 0.246 e. The Kier molecular flexibility index (Phi) is 2.85. The van der Waals surface area contributed by atoms with Gasteiger partial charge in [0.15, 0.2) is 0 Å². The van der Waals surface area contributed by atoms with Crippen molar-refractivity contribution in [1.29, 1.82) is 0 Å². The van der Waals surface area contributed by atoms with Gasteiger partial charge in [0.2, 0.25) is 11.9 Å². The van der Waals surface area contributed by atoms with Crippen LogP contribution >= 0.6 is 0 Å². The van der Waals surface area contributed by atoms with Gasteiger partial charge >= 0.3 is 0 Å². The zero-order valence-electron chi connectivity index (χ0n) is 8.61. The minimum atomic E-state index is -0.869. The van der Waals surface area contributed by atoms with Crippen LogP contribution in [0.1, 0.15) is 20.3 Å². The van der Waals surface area contributed by atoms with Crippen LogP contribution in [0.25, 0.3) is 0 Å². The lowest BCUT2D eigenvalue weighted by molar-refractivity contribution is -0.120. The van der Waals surface area contributed by atoms with Gasteiger partial charge < -0.3 is 5.73 Å². The Morgan fingerprint density at radius 3 is 2.86 bits per heavy atom. The van der Waals surface area contributed by atoms with Gasteiger partial charge in [0.25, 0.3) is 0 Å². The standard InChI is InChI=1S/C8H15N5O/c1-4-8(2,9)6(14)12-7-10-5-11-13(7)3/h5H,4,9H2,1-3H3,(H,10,11,12,14). The number of hydrogen-bond donors (Lipinski definition) is 2. The summed E-state index contributed by atoms with van der Waals surface area (Å²) in [7, 11) is 1.70. The fraction of sp³-hybridized carbons (Fsp3) is 0.625. The van der Waals surface area contributed by atoms with Crippen molar-refractivity contribution in [3.05, 3.63) is 6.33 Å². The van der Waals surface area contributed by atoms with Crippen LogP contribution in [0.2, 0.25) is 0 Å². The lowest BCUT2D eigenvalue weighted by Gasteiger charge is -2.20. The second-order valence-corrected chi connectivity index (χ2v) is 3.43. The van der Waals surface area contributed by atoms with Crippen molar-refractivity contribution < 1.29 is 4.79 Å². The number of nitrogens with two attached hydrogens (primary N) is 1. The van der Waals surface area contributed by atoms with E-state index in [2.05, 4.69) is 15.4 Å². The molecule has 0 aromatic carbocycles. The van der Waals surface area contributed by atoms with E-state index in [0.29, 0.717) is 12.4 Å². The van der Waals surface area contributed by atoms with Crippen molar-refractivity contribution in [1.82, 2.24) is 14.8 Å². The molecular formula is C8H15N5O. The van der Waals surface area contributed by atoms with E-state index < -0.39 is 5.54 Å². The van der Waals surface area contributed by atoms with Crippen LogP contribution in [-0.4, -0.2) is 26.2 Å². The van der Waals surface area contributed by atoms with Gasteiger partial charge in [0, 0.05) is 7.05 Å². The fourth-order valence-corrected chi connectivity index (χ4v) is 0.814. The van der Waals surface area contributed by atoms with Gasteiger partial charge in [-0.15, -0.1) is 0 Å². The van der Waals surface area contributed by atoms with Crippen LogP contribution in [0.4, 0.5) is 5.95 Å². The first kappa shape index (κ1) is 10.6. The summed E-state index contributed by atoms with van der Waals surface area (Å²) < 4.78 is 1.48. The topological polar surface area (TPSA) is 85.8 Å². The highest BCUT2D eigenvalue weighted by Gasteiger charge is 2.26. The maximum Gasteiger partial charge on any atom is 0.246 e. The SMILES string of the molecule is CCC(C)(N)C(=O)Nc1ncnn1C. The van der Waals surface area contributed by atoms with Gasteiger partial charge in [-0.3, -0.25) is 10.1 Å². The molecule has 6 nitrogen and oxygen atoms in total. The summed E-state index contributed by atoms with van der Waals surface area (Å²) in [6.45, 7) is 3.54. The monoisotopic (exact) mass is 197 g/mol. The molecule has 0 bridgehead atoms. The van der Waals surface area contributed by atoms with Crippen molar-refractivity contribution in [3.8, 4) is 0 Å².